The fraction of sp³-hybridized carbons (Fsp3) is 0.481. The predicted molar refractivity (Wildman–Crippen MR) is 153 cm³/mol. The van der Waals surface area contributed by atoms with Crippen LogP contribution in [0.4, 0.5) is 5.69 Å². The molecule has 2 rings (SSSR count). The van der Waals surface area contributed by atoms with E-state index in [1.54, 1.807) is 30.2 Å². The molecular formula is C27H37Cl2N3O5S. The number of ether oxygens (including phenoxy) is 1. The number of benzene rings is 2. The summed E-state index contributed by atoms with van der Waals surface area (Å²) < 4.78 is 31.4. The molecule has 0 saturated heterocycles. The first-order chi connectivity index (χ1) is 17.9. The van der Waals surface area contributed by atoms with Gasteiger partial charge in [0.25, 0.3) is 0 Å². The molecule has 8 nitrogen and oxygen atoms in total. The summed E-state index contributed by atoms with van der Waals surface area (Å²) in [6.45, 7) is 6.62. The van der Waals surface area contributed by atoms with E-state index in [0.717, 1.165) is 16.1 Å². The van der Waals surface area contributed by atoms with Gasteiger partial charge in [0.2, 0.25) is 21.8 Å². The van der Waals surface area contributed by atoms with Crippen molar-refractivity contribution in [1.29, 1.82) is 0 Å². The second-order valence-electron chi connectivity index (χ2n) is 9.47. The van der Waals surface area contributed by atoms with Crippen LogP contribution in [0.2, 0.25) is 10.0 Å². The first-order valence-electron chi connectivity index (χ1n) is 12.5. The van der Waals surface area contributed by atoms with Crippen LogP contribution >= 0.6 is 23.2 Å². The van der Waals surface area contributed by atoms with Crippen LogP contribution in [0.3, 0.4) is 0 Å². The number of amides is 2. The lowest BCUT2D eigenvalue weighted by Crippen LogP contribution is -2.49. The summed E-state index contributed by atoms with van der Waals surface area (Å²) in [7, 11) is -2.11. The van der Waals surface area contributed by atoms with Gasteiger partial charge in [-0.05, 0) is 54.7 Å². The van der Waals surface area contributed by atoms with Gasteiger partial charge in [-0.1, -0.05) is 56.1 Å². The summed E-state index contributed by atoms with van der Waals surface area (Å²) in [5, 5.41) is 3.51. The third-order valence-corrected chi connectivity index (χ3v) is 7.65. The molecule has 11 heteroatoms. The van der Waals surface area contributed by atoms with Gasteiger partial charge in [0.15, 0.2) is 0 Å². The molecule has 0 aliphatic rings. The second kappa shape index (κ2) is 14.6. The average Bonchev–Trinajstić information content (AvgIpc) is 2.86. The summed E-state index contributed by atoms with van der Waals surface area (Å²) >= 11 is 12.3. The Morgan fingerprint density at radius 3 is 2.29 bits per heavy atom. The van der Waals surface area contributed by atoms with Crippen LogP contribution in [0.15, 0.2) is 42.5 Å². The van der Waals surface area contributed by atoms with Crippen molar-refractivity contribution in [3.05, 3.63) is 58.1 Å². The first kappa shape index (κ1) is 31.7. The summed E-state index contributed by atoms with van der Waals surface area (Å²) in [5.74, 6) is 0.487. The number of anilines is 1. The van der Waals surface area contributed by atoms with Crippen molar-refractivity contribution < 1.29 is 22.7 Å². The van der Waals surface area contributed by atoms with Crippen molar-refractivity contribution in [1.82, 2.24) is 10.2 Å². The van der Waals surface area contributed by atoms with Crippen molar-refractivity contribution in [2.75, 3.05) is 30.8 Å². The van der Waals surface area contributed by atoms with Crippen LogP contribution in [0, 0.1) is 5.92 Å². The molecule has 0 radical (unpaired) electrons. The number of nitrogens with one attached hydrogen (secondary N) is 1. The molecule has 0 spiro atoms. The van der Waals surface area contributed by atoms with Crippen LogP contribution in [-0.2, 0) is 26.2 Å². The van der Waals surface area contributed by atoms with E-state index < -0.39 is 16.1 Å². The number of halogens is 2. The van der Waals surface area contributed by atoms with Crippen LogP contribution in [0.25, 0.3) is 0 Å². The smallest absolute Gasteiger partial charge is 0.242 e. The molecule has 0 aliphatic heterocycles. The molecule has 0 fully saturated rings. The van der Waals surface area contributed by atoms with Crippen molar-refractivity contribution >= 4 is 50.7 Å². The Morgan fingerprint density at radius 2 is 1.74 bits per heavy atom. The summed E-state index contributed by atoms with van der Waals surface area (Å²) in [6, 6.07) is 11.2. The molecule has 1 atom stereocenters. The number of hydrogen-bond acceptors (Lipinski definition) is 5. The minimum atomic E-state index is -3.69. The van der Waals surface area contributed by atoms with Crippen molar-refractivity contribution in [2.24, 2.45) is 5.92 Å². The molecule has 2 amide bonds. The molecule has 1 N–H and O–H groups in total. The van der Waals surface area contributed by atoms with Gasteiger partial charge in [-0.25, -0.2) is 8.42 Å². The topological polar surface area (TPSA) is 96.0 Å². The maximum atomic E-state index is 13.5. The fourth-order valence-corrected chi connectivity index (χ4v) is 5.33. The molecule has 0 aliphatic carbocycles. The zero-order chi connectivity index (χ0) is 28.5. The summed E-state index contributed by atoms with van der Waals surface area (Å²) in [6.07, 6.45) is 1.76. The number of methoxy groups -OCH3 is 1. The number of rotatable bonds is 14. The second-order valence-corrected chi connectivity index (χ2v) is 12.2. The van der Waals surface area contributed by atoms with Crippen molar-refractivity contribution in [3.8, 4) is 5.75 Å². The average molecular weight is 587 g/mol. The molecule has 0 bridgehead atoms. The number of nitrogens with zero attached hydrogens (tertiary/aromatic N) is 2. The van der Waals surface area contributed by atoms with Gasteiger partial charge in [0.1, 0.15) is 11.8 Å². The van der Waals surface area contributed by atoms with E-state index in [1.807, 2.05) is 32.9 Å². The summed E-state index contributed by atoms with van der Waals surface area (Å²) in [4.78, 5) is 28.1. The Bertz CT molecular complexity index is 1190. The molecule has 0 heterocycles. The number of carbonyl (C=O) groups excluding carboxylic acids is 2. The van der Waals surface area contributed by atoms with Crippen LogP contribution in [-0.4, -0.2) is 57.6 Å². The number of hydrogen-bond donors (Lipinski definition) is 1. The zero-order valence-corrected chi connectivity index (χ0v) is 24.9. The Kier molecular flexibility index (Phi) is 12.2. The Hall–Kier alpha value is -2.49. The Balaban J connectivity index is 2.25. The minimum Gasteiger partial charge on any atom is -0.497 e. The third-order valence-electron chi connectivity index (χ3n) is 5.91. The highest BCUT2D eigenvalue weighted by Gasteiger charge is 2.29. The van der Waals surface area contributed by atoms with Crippen molar-refractivity contribution in [2.45, 2.75) is 52.6 Å². The normalized spacial score (nSPS) is 12.2. The van der Waals surface area contributed by atoms with Gasteiger partial charge in [-0.3, -0.25) is 13.9 Å². The maximum absolute atomic E-state index is 13.5. The molecule has 2 aromatic rings. The first-order valence-corrected chi connectivity index (χ1v) is 15.1. The van der Waals surface area contributed by atoms with E-state index in [2.05, 4.69) is 5.32 Å². The van der Waals surface area contributed by atoms with Crippen LogP contribution in [0.5, 0.6) is 5.75 Å². The van der Waals surface area contributed by atoms with E-state index in [1.165, 1.54) is 12.1 Å². The lowest BCUT2D eigenvalue weighted by atomic mass is 10.1. The molecular weight excluding hydrogens is 549 g/mol. The third kappa shape index (κ3) is 9.36. The zero-order valence-electron chi connectivity index (χ0n) is 22.5. The maximum Gasteiger partial charge on any atom is 0.242 e. The van der Waals surface area contributed by atoms with Gasteiger partial charge in [0.05, 0.1) is 24.1 Å². The lowest BCUT2D eigenvalue weighted by Gasteiger charge is -2.31. The quantitative estimate of drug-likeness (QED) is 0.331. The molecule has 0 unspecified atom stereocenters. The van der Waals surface area contributed by atoms with Crippen molar-refractivity contribution in [3.63, 3.8) is 0 Å². The van der Waals surface area contributed by atoms with Gasteiger partial charge in [0, 0.05) is 31.1 Å². The van der Waals surface area contributed by atoms with Crippen LogP contribution < -0.4 is 14.4 Å². The van der Waals surface area contributed by atoms with E-state index in [4.69, 9.17) is 27.9 Å². The highest BCUT2D eigenvalue weighted by atomic mass is 35.5. The SMILES string of the molecule is CC[C@@H](C(=O)NCC(C)C)N(Cc1ccc(OC)cc1)C(=O)CCCN(c1cc(Cl)ccc1Cl)S(C)(=O)=O. The predicted octanol–water partition coefficient (Wildman–Crippen LogP) is 5.13. The van der Waals surface area contributed by atoms with Gasteiger partial charge >= 0.3 is 0 Å². The number of carbonyl (C=O) groups is 2. The monoisotopic (exact) mass is 585 g/mol. The molecule has 2 aromatic carbocycles. The van der Waals surface area contributed by atoms with E-state index in [-0.39, 0.29) is 54.4 Å². The highest BCUT2D eigenvalue weighted by molar-refractivity contribution is 7.92. The Labute approximate surface area is 236 Å². The fourth-order valence-electron chi connectivity index (χ4n) is 3.93. The van der Waals surface area contributed by atoms with Gasteiger partial charge in [-0.2, -0.15) is 0 Å². The molecule has 38 heavy (non-hydrogen) atoms. The minimum absolute atomic E-state index is 0.0251. The van der Waals surface area contributed by atoms with E-state index in [0.29, 0.717) is 23.7 Å². The van der Waals surface area contributed by atoms with Crippen LogP contribution in [0.1, 0.15) is 45.6 Å². The van der Waals surface area contributed by atoms with Gasteiger partial charge < -0.3 is 15.0 Å². The van der Waals surface area contributed by atoms with Gasteiger partial charge in [-0.15, -0.1) is 0 Å². The highest BCUT2D eigenvalue weighted by Crippen LogP contribution is 2.31. The molecule has 0 saturated carbocycles. The lowest BCUT2D eigenvalue weighted by molar-refractivity contribution is -0.141. The van der Waals surface area contributed by atoms with E-state index >= 15 is 0 Å². The molecule has 0 aromatic heterocycles. The number of sulfonamides is 1. The molecule has 210 valence electrons. The largest absolute Gasteiger partial charge is 0.497 e. The van der Waals surface area contributed by atoms with E-state index in [9.17, 15) is 18.0 Å². The summed E-state index contributed by atoms with van der Waals surface area (Å²) in [5.41, 5.74) is 1.10. The standard InChI is InChI=1S/C27H37Cl2N3O5S/c1-6-24(27(34)30-17-19(2)3)31(18-20-9-12-22(37-4)13-10-20)26(33)8-7-15-32(38(5,35)36)25-16-21(28)11-14-23(25)29/h9-14,16,19,24H,6-8,15,17-18H2,1-5H3,(H,30,34)/t24-/m0/s1. The Morgan fingerprint density at radius 1 is 1.08 bits per heavy atom.